The number of nitrogens with zero attached hydrogens (tertiary/aromatic N) is 2. The molecule has 0 saturated heterocycles. The molecule has 1 unspecified atom stereocenters. The Morgan fingerprint density at radius 2 is 2.31 bits per heavy atom. The Balaban J connectivity index is 3.90. The first-order chi connectivity index (χ1) is 6.13. The van der Waals surface area contributed by atoms with E-state index in [2.05, 4.69) is 37.1 Å². The first-order valence-corrected chi connectivity index (χ1v) is 5.16. The van der Waals surface area contributed by atoms with Gasteiger partial charge in [-0.05, 0) is 13.5 Å². The molecule has 0 aromatic carbocycles. The van der Waals surface area contributed by atoms with E-state index in [4.69, 9.17) is 5.26 Å². The van der Waals surface area contributed by atoms with Gasteiger partial charge in [0.1, 0.15) is 0 Å². The van der Waals surface area contributed by atoms with Crippen molar-refractivity contribution in [2.24, 2.45) is 5.92 Å². The van der Waals surface area contributed by atoms with Gasteiger partial charge in [-0.15, -0.1) is 0 Å². The molecule has 2 nitrogen and oxygen atoms in total. The van der Waals surface area contributed by atoms with Crippen LogP contribution in [0.3, 0.4) is 0 Å². The van der Waals surface area contributed by atoms with Crippen LogP contribution < -0.4 is 0 Å². The Hall–Kier alpha value is -0.460. The van der Waals surface area contributed by atoms with Crippen LogP contribution in [0.5, 0.6) is 0 Å². The summed E-state index contributed by atoms with van der Waals surface area (Å²) < 4.78 is 0. The Labute approximate surface area is 86.6 Å². The molecule has 0 heterocycles. The minimum atomic E-state index is 0.0904. The number of rotatable bonds is 6. The van der Waals surface area contributed by atoms with Gasteiger partial charge in [0.25, 0.3) is 0 Å². The molecule has 0 bridgehead atoms. The number of likely N-dealkylation sites (N-methyl/N-ethyl adjacent to an activating group) is 1. The fourth-order valence-electron chi connectivity index (χ4n) is 1.10. The third kappa shape index (κ3) is 5.73. The van der Waals surface area contributed by atoms with Gasteiger partial charge >= 0.3 is 0 Å². The minimum Gasteiger partial charge on any atom is -0.298 e. The highest BCUT2D eigenvalue weighted by atomic mass is 32.1. The van der Waals surface area contributed by atoms with Gasteiger partial charge in [-0.3, -0.25) is 4.90 Å². The highest BCUT2D eigenvalue weighted by Crippen LogP contribution is 2.02. The van der Waals surface area contributed by atoms with E-state index in [9.17, 15) is 0 Å². The summed E-state index contributed by atoms with van der Waals surface area (Å²) in [5.74, 6) is 0.810. The molecule has 0 amide bonds. The normalized spacial score (nSPS) is 12.5. The highest BCUT2D eigenvalue weighted by Gasteiger charge is 2.08. The number of hydrogen-bond donors (Lipinski definition) is 1. The van der Waals surface area contributed by atoms with Crippen molar-refractivity contribution in [3.8, 4) is 6.07 Å². The molecule has 0 spiro atoms. The van der Waals surface area contributed by atoms with E-state index in [0.29, 0.717) is 0 Å². The van der Waals surface area contributed by atoms with Crippen LogP contribution in [0.15, 0.2) is 12.2 Å². The molecule has 0 rings (SSSR count). The maximum absolute atomic E-state index is 8.66. The van der Waals surface area contributed by atoms with Crippen molar-refractivity contribution in [3.63, 3.8) is 0 Å². The molecule has 0 aliphatic carbocycles. The first kappa shape index (κ1) is 12.5. The first-order valence-electron chi connectivity index (χ1n) is 4.53. The standard InChI is InChI=1S/C10H18N2S/c1-4-12(6-9(2)5-11)7-10(3)8-13/h9,13H,3-4,6-8H2,1-2H3. The molecular weight excluding hydrogens is 180 g/mol. The van der Waals surface area contributed by atoms with E-state index >= 15 is 0 Å². The summed E-state index contributed by atoms with van der Waals surface area (Å²) in [7, 11) is 0. The van der Waals surface area contributed by atoms with Crippen LogP contribution >= 0.6 is 12.6 Å². The average Bonchev–Trinajstić information content (AvgIpc) is 2.16. The van der Waals surface area contributed by atoms with Crippen LogP contribution in [0.1, 0.15) is 13.8 Å². The van der Waals surface area contributed by atoms with E-state index in [1.807, 2.05) is 6.92 Å². The number of hydrogen-bond acceptors (Lipinski definition) is 3. The van der Waals surface area contributed by atoms with E-state index in [-0.39, 0.29) is 5.92 Å². The van der Waals surface area contributed by atoms with Crippen LogP contribution in [-0.2, 0) is 0 Å². The second-order valence-corrected chi connectivity index (χ2v) is 3.58. The largest absolute Gasteiger partial charge is 0.298 e. The molecule has 1 atom stereocenters. The predicted molar refractivity (Wildman–Crippen MR) is 59.9 cm³/mol. The van der Waals surface area contributed by atoms with Gasteiger partial charge < -0.3 is 0 Å². The third-order valence-electron chi connectivity index (χ3n) is 1.87. The van der Waals surface area contributed by atoms with Crippen LogP contribution in [0.4, 0.5) is 0 Å². The lowest BCUT2D eigenvalue weighted by molar-refractivity contribution is 0.291. The fraction of sp³-hybridized carbons (Fsp3) is 0.700. The van der Waals surface area contributed by atoms with Crippen molar-refractivity contribution in [2.45, 2.75) is 13.8 Å². The highest BCUT2D eigenvalue weighted by molar-refractivity contribution is 7.80. The Bertz CT molecular complexity index is 196. The van der Waals surface area contributed by atoms with Crippen molar-refractivity contribution in [3.05, 3.63) is 12.2 Å². The van der Waals surface area contributed by atoms with Crippen LogP contribution in [0, 0.1) is 17.2 Å². The molecule has 0 radical (unpaired) electrons. The summed E-state index contributed by atoms with van der Waals surface area (Å²) in [4.78, 5) is 2.21. The molecule has 0 aliphatic heterocycles. The Morgan fingerprint density at radius 3 is 2.69 bits per heavy atom. The summed E-state index contributed by atoms with van der Waals surface area (Å²) in [6.07, 6.45) is 0. The smallest absolute Gasteiger partial charge is 0.0666 e. The summed E-state index contributed by atoms with van der Waals surface area (Å²) >= 11 is 4.15. The van der Waals surface area contributed by atoms with Crippen LogP contribution in [-0.4, -0.2) is 30.3 Å². The SMILES string of the molecule is C=C(CS)CN(CC)CC(C)C#N. The quantitative estimate of drug-likeness (QED) is 0.522. The molecular formula is C10H18N2S. The summed E-state index contributed by atoms with van der Waals surface area (Å²) in [5, 5.41) is 8.66. The summed E-state index contributed by atoms with van der Waals surface area (Å²) in [5.41, 5.74) is 1.11. The molecule has 0 aromatic rings. The lowest BCUT2D eigenvalue weighted by Crippen LogP contribution is -2.30. The molecule has 13 heavy (non-hydrogen) atoms. The van der Waals surface area contributed by atoms with E-state index in [1.165, 1.54) is 0 Å². The monoisotopic (exact) mass is 198 g/mol. The van der Waals surface area contributed by atoms with Gasteiger partial charge in [0.15, 0.2) is 0 Å². The molecule has 0 N–H and O–H groups in total. The molecule has 0 aliphatic rings. The van der Waals surface area contributed by atoms with Gasteiger partial charge in [-0.1, -0.05) is 19.1 Å². The maximum Gasteiger partial charge on any atom is 0.0666 e. The average molecular weight is 198 g/mol. The maximum atomic E-state index is 8.66. The molecule has 0 aromatic heterocycles. The van der Waals surface area contributed by atoms with Crippen LogP contribution in [0.2, 0.25) is 0 Å². The zero-order chi connectivity index (χ0) is 10.3. The predicted octanol–water partition coefficient (Wildman–Crippen LogP) is 1.95. The van der Waals surface area contributed by atoms with Gasteiger partial charge in [0.05, 0.1) is 12.0 Å². The van der Waals surface area contributed by atoms with Gasteiger partial charge in [-0.25, -0.2) is 0 Å². The van der Waals surface area contributed by atoms with Crippen molar-refractivity contribution < 1.29 is 0 Å². The van der Waals surface area contributed by atoms with Crippen molar-refractivity contribution in [1.82, 2.24) is 4.90 Å². The van der Waals surface area contributed by atoms with Crippen LogP contribution in [0.25, 0.3) is 0 Å². The third-order valence-corrected chi connectivity index (χ3v) is 2.32. The minimum absolute atomic E-state index is 0.0904. The fourth-order valence-corrected chi connectivity index (χ4v) is 1.20. The summed E-state index contributed by atoms with van der Waals surface area (Å²) in [6.45, 7) is 10.6. The molecule has 3 heteroatoms. The van der Waals surface area contributed by atoms with Crippen molar-refractivity contribution in [2.75, 3.05) is 25.4 Å². The zero-order valence-corrected chi connectivity index (χ0v) is 9.35. The van der Waals surface area contributed by atoms with Crippen molar-refractivity contribution in [1.29, 1.82) is 5.26 Å². The second kappa shape index (κ2) is 6.99. The van der Waals surface area contributed by atoms with Gasteiger partial charge in [0.2, 0.25) is 0 Å². The lowest BCUT2D eigenvalue weighted by atomic mass is 10.2. The zero-order valence-electron chi connectivity index (χ0n) is 8.45. The number of thiol groups is 1. The molecule has 74 valence electrons. The topological polar surface area (TPSA) is 27.0 Å². The molecule has 0 fully saturated rings. The van der Waals surface area contributed by atoms with E-state index < -0.39 is 0 Å². The second-order valence-electron chi connectivity index (χ2n) is 3.27. The van der Waals surface area contributed by atoms with E-state index in [0.717, 1.165) is 31.0 Å². The number of nitriles is 1. The summed E-state index contributed by atoms with van der Waals surface area (Å²) in [6, 6.07) is 2.23. The lowest BCUT2D eigenvalue weighted by Gasteiger charge is -2.21. The van der Waals surface area contributed by atoms with Crippen molar-refractivity contribution >= 4 is 12.6 Å². The van der Waals surface area contributed by atoms with E-state index in [1.54, 1.807) is 0 Å². The Kier molecular flexibility index (Phi) is 6.75. The Morgan fingerprint density at radius 1 is 1.69 bits per heavy atom. The molecule has 0 saturated carbocycles. The van der Waals surface area contributed by atoms with Gasteiger partial charge in [0, 0.05) is 18.8 Å². The van der Waals surface area contributed by atoms with Gasteiger partial charge in [-0.2, -0.15) is 17.9 Å².